The van der Waals surface area contributed by atoms with Gasteiger partial charge < -0.3 is 15.2 Å². The number of methoxy groups -OCH3 is 2. The molecule has 1 saturated carbocycles. The quantitative estimate of drug-likeness (QED) is 0.760. The third-order valence-electron chi connectivity index (χ3n) is 3.98. The molecule has 1 aliphatic carbocycles. The van der Waals surface area contributed by atoms with Gasteiger partial charge in [0.2, 0.25) is 0 Å². The standard InChI is InChI=1S/C16H25FN2O2/c1-20-11-10-19(12-6-7-12)9-8-14(18)16-13(17)4-3-5-15(16)21-2/h3-5,12,14H,6-11,18H2,1-2H3. The minimum absolute atomic E-state index is 0.295. The molecular weight excluding hydrogens is 271 g/mol. The zero-order valence-corrected chi connectivity index (χ0v) is 12.8. The first-order chi connectivity index (χ1) is 10.2. The molecule has 118 valence electrons. The van der Waals surface area contributed by atoms with E-state index in [4.69, 9.17) is 15.2 Å². The summed E-state index contributed by atoms with van der Waals surface area (Å²) in [4.78, 5) is 2.39. The number of nitrogens with two attached hydrogens (primary N) is 1. The maximum Gasteiger partial charge on any atom is 0.131 e. The highest BCUT2D eigenvalue weighted by Crippen LogP contribution is 2.31. The lowest BCUT2D eigenvalue weighted by Crippen LogP contribution is -2.32. The fourth-order valence-electron chi connectivity index (χ4n) is 2.63. The first-order valence-corrected chi connectivity index (χ1v) is 7.48. The molecule has 1 aromatic carbocycles. The summed E-state index contributed by atoms with van der Waals surface area (Å²) in [5.41, 5.74) is 6.67. The van der Waals surface area contributed by atoms with Gasteiger partial charge in [-0.1, -0.05) is 6.07 Å². The average Bonchev–Trinajstić information content (AvgIpc) is 3.31. The smallest absolute Gasteiger partial charge is 0.131 e. The van der Waals surface area contributed by atoms with Crippen LogP contribution in [0.2, 0.25) is 0 Å². The SMILES string of the molecule is COCCN(CCC(N)c1c(F)cccc1OC)C1CC1. The van der Waals surface area contributed by atoms with E-state index in [1.165, 1.54) is 18.9 Å². The third kappa shape index (κ3) is 4.40. The molecule has 0 heterocycles. The summed E-state index contributed by atoms with van der Waals surface area (Å²) in [5.74, 6) is 0.231. The zero-order chi connectivity index (χ0) is 15.2. The number of hydrogen-bond acceptors (Lipinski definition) is 4. The molecule has 1 aliphatic rings. The van der Waals surface area contributed by atoms with E-state index in [0.29, 0.717) is 23.8 Å². The van der Waals surface area contributed by atoms with Crippen molar-refractivity contribution in [1.82, 2.24) is 4.90 Å². The zero-order valence-electron chi connectivity index (χ0n) is 12.8. The van der Waals surface area contributed by atoms with E-state index in [0.717, 1.165) is 19.7 Å². The van der Waals surface area contributed by atoms with Crippen LogP contribution in [0, 0.1) is 5.82 Å². The predicted octanol–water partition coefficient (Wildman–Crippen LogP) is 2.33. The van der Waals surface area contributed by atoms with Crippen molar-refractivity contribution in [1.29, 1.82) is 0 Å². The Labute approximate surface area is 126 Å². The Morgan fingerprint density at radius 2 is 2.10 bits per heavy atom. The van der Waals surface area contributed by atoms with E-state index in [1.807, 2.05) is 0 Å². The molecule has 1 fully saturated rings. The lowest BCUT2D eigenvalue weighted by atomic mass is 10.0. The van der Waals surface area contributed by atoms with Gasteiger partial charge in [-0.2, -0.15) is 0 Å². The van der Waals surface area contributed by atoms with Crippen LogP contribution >= 0.6 is 0 Å². The highest BCUT2D eigenvalue weighted by atomic mass is 19.1. The Morgan fingerprint density at radius 1 is 1.33 bits per heavy atom. The van der Waals surface area contributed by atoms with Gasteiger partial charge in [0.15, 0.2) is 0 Å². The highest BCUT2D eigenvalue weighted by molar-refractivity contribution is 5.37. The lowest BCUT2D eigenvalue weighted by molar-refractivity contribution is 0.141. The number of rotatable bonds is 9. The van der Waals surface area contributed by atoms with Gasteiger partial charge in [-0.05, 0) is 31.4 Å². The van der Waals surface area contributed by atoms with E-state index >= 15 is 0 Å². The molecule has 0 amide bonds. The van der Waals surface area contributed by atoms with Crippen molar-refractivity contribution in [2.45, 2.75) is 31.3 Å². The Kier molecular flexibility index (Phi) is 5.96. The summed E-state index contributed by atoms with van der Waals surface area (Å²) < 4.78 is 24.4. The molecule has 21 heavy (non-hydrogen) atoms. The number of nitrogens with zero attached hydrogens (tertiary/aromatic N) is 1. The fourth-order valence-corrected chi connectivity index (χ4v) is 2.63. The largest absolute Gasteiger partial charge is 0.496 e. The Hall–Kier alpha value is -1.17. The number of hydrogen-bond donors (Lipinski definition) is 1. The molecule has 0 aliphatic heterocycles. The van der Waals surface area contributed by atoms with Gasteiger partial charge in [0.05, 0.1) is 13.7 Å². The molecule has 1 atom stereocenters. The molecule has 1 aromatic rings. The molecule has 0 bridgehead atoms. The van der Waals surface area contributed by atoms with E-state index in [1.54, 1.807) is 26.4 Å². The van der Waals surface area contributed by atoms with Crippen LogP contribution in [0.15, 0.2) is 18.2 Å². The van der Waals surface area contributed by atoms with Crippen LogP contribution in [-0.4, -0.2) is 44.9 Å². The van der Waals surface area contributed by atoms with Gasteiger partial charge in [-0.15, -0.1) is 0 Å². The molecule has 0 saturated heterocycles. The van der Waals surface area contributed by atoms with Crippen molar-refractivity contribution >= 4 is 0 Å². The maximum atomic E-state index is 14.0. The molecule has 0 radical (unpaired) electrons. The van der Waals surface area contributed by atoms with E-state index in [2.05, 4.69) is 4.90 Å². The van der Waals surface area contributed by atoms with Gasteiger partial charge >= 0.3 is 0 Å². The van der Waals surface area contributed by atoms with Gasteiger partial charge in [0.1, 0.15) is 11.6 Å². The Morgan fingerprint density at radius 3 is 2.71 bits per heavy atom. The van der Waals surface area contributed by atoms with Crippen LogP contribution in [-0.2, 0) is 4.74 Å². The second-order valence-electron chi connectivity index (χ2n) is 5.51. The monoisotopic (exact) mass is 296 g/mol. The first-order valence-electron chi connectivity index (χ1n) is 7.48. The van der Waals surface area contributed by atoms with E-state index in [9.17, 15) is 4.39 Å². The predicted molar refractivity (Wildman–Crippen MR) is 81.0 cm³/mol. The van der Waals surface area contributed by atoms with Crippen LogP contribution < -0.4 is 10.5 Å². The normalized spacial score (nSPS) is 16.2. The fraction of sp³-hybridized carbons (Fsp3) is 0.625. The van der Waals surface area contributed by atoms with Gasteiger partial charge in [-0.3, -0.25) is 4.90 Å². The summed E-state index contributed by atoms with van der Waals surface area (Å²) in [6, 6.07) is 5.11. The molecule has 4 nitrogen and oxygen atoms in total. The highest BCUT2D eigenvalue weighted by Gasteiger charge is 2.29. The van der Waals surface area contributed by atoms with Crippen LogP contribution in [0.4, 0.5) is 4.39 Å². The van der Waals surface area contributed by atoms with Crippen molar-refractivity contribution in [3.63, 3.8) is 0 Å². The second-order valence-corrected chi connectivity index (χ2v) is 5.51. The van der Waals surface area contributed by atoms with Crippen LogP contribution in [0.1, 0.15) is 30.9 Å². The van der Waals surface area contributed by atoms with Crippen LogP contribution in [0.25, 0.3) is 0 Å². The summed E-state index contributed by atoms with van der Waals surface area (Å²) >= 11 is 0. The lowest BCUT2D eigenvalue weighted by Gasteiger charge is -2.24. The Balaban J connectivity index is 1.95. The first kappa shape index (κ1) is 16.2. The third-order valence-corrected chi connectivity index (χ3v) is 3.98. The van der Waals surface area contributed by atoms with Crippen molar-refractivity contribution in [3.8, 4) is 5.75 Å². The van der Waals surface area contributed by atoms with Crippen LogP contribution in [0.5, 0.6) is 5.75 Å². The molecular formula is C16H25FN2O2. The Bertz CT molecular complexity index is 452. The molecule has 2 N–H and O–H groups in total. The minimum atomic E-state index is -0.357. The minimum Gasteiger partial charge on any atom is -0.496 e. The van der Waals surface area contributed by atoms with Gasteiger partial charge in [-0.25, -0.2) is 4.39 Å². The van der Waals surface area contributed by atoms with Crippen molar-refractivity contribution in [3.05, 3.63) is 29.6 Å². The summed E-state index contributed by atoms with van der Waals surface area (Å²) in [6.45, 7) is 2.48. The van der Waals surface area contributed by atoms with Crippen molar-refractivity contribution in [2.75, 3.05) is 33.9 Å². The molecule has 1 unspecified atom stereocenters. The van der Waals surface area contributed by atoms with Crippen molar-refractivity contribution in [2.24, 2.45) is 5.73 Å². The topological polar surface area (TPSA) is 47.7 Å². The molecule has 2 rings (SSSR count). The second kappa shape index (κ2) is 7.73. The molecule has 5 heteroatoms. The number of benzene rings is 1. The van der Waals surface area contributed by atoms with E-state index < -0.39 is 0 Å². The molecule has 0 aromatic heterocycles. The summed E-state index contributed by atoms with van der Waals surface area (Å²) in [5, 5.41) is 0. The van der Waals surface area contributed by atoms with Gasteiger partial charge in [0, 0.05) is 37.8 Å². The molecule has 0 spiro atoms. The van der Waals surface area contributed by atoms with Gasteiger partial charge in [0.25, 0.3) is 0 Å². The maximum absolute atomic E-state index is 14.0. The summed E-state index contributed by atoms with van der Waals surface area (Å²) in [7, 11) is 3.25. The number of halogens is 1. The van der Waals surface area contributed by atoms with E-state index in [-0.39, 0.29) is 11.9 Å². The van der Waals surface area contributed by atoms with Crippen LogP contribution in [0.3, 0.4) is 0 Å². The van der Waals surface area contributed by atoms with Crippen molar-refractivity contribution < 1.29 is 13.9 Å². The number of ether oxygens (including phenoxy) is 2. The summed E-state index contributed by atoms with van der Waals surface area (Å²) in [6.07, 6.45) is 3.18. The average molecular weight is 296 g/mol.